The van der Waals surface area contributed by atoms with Gasteiger partial charge in [0.1, 0.15) is 0 Å². The number of carbonyl (C=O) groups excluding carboxylic acids is 3. The van der Waals surface area contributed by atoms with Crippen molar-refractivity contribution in [3.05, 3.63) is 42.5 Å². The van der Waals surface area contributed by atoms with Gasteiger partial charge in [0.25, 0.3) is 5.91 Å². The van der Waals surface area contributed by atoms with Crippen LogP contribution in [0.25, 0.3) is 10.8 Å². The van der Waals surface area contributed by atoms with Gasteiger partial charge in [-0.2, -0.15) is 0 Å². The van der Waals surface area contributed by atoms with E-state index in [0.717, 1.165) is 10.8 Å². The number of benzene rings is 2. The molecule has 1 atom stereocenters. The minimum atomic E-state index is -0.449. The van der Waals surface area contributed by atoms with Gasteiger partial charge in [0.05, 0.1) is 30.7 Å². The highest BCUT2D eigenvalue weighted by Crippen LogP contribution is 2.33. The zero-order chi connectivity index (χ0) is 19.7. The molecule has 0 aliphatic carbocycles. The molecule has 0 aromatic heterocycles. The highest BCUT2D eigenvalue weighted by atomic mass is 16.5. The Balaban J connectivity index is 1.51. The number of imide groups is 1. The lowest BCUT2D eigenvalue weighted by Gasteiger charge is -2.33. The smallest absolute Gasteiger partial charge is 0.309 e. The number of fused-ring (bicyclic) bond motifs is 1. The van der Waals surface area contributed by atoms with E-state index in [-0.39, 0.29) is 30.1 Å². The molecule has 2 fully saturated rings. The van der Waals surface area contributed by atoms with Crippen molar-refractivity contribution < 1.29 is 19.1 Å². The number of hydrogen-bond acceptors (Lipinski definition) is 5. The number of hydrogen-bond donors (Lipinski definition) is 0. The molecule has 146 valence electrons. The van der Waals surface area contributed by atoms with Gasteiger partial charge in [-0.1, -0.05) is 36.4 Å². The summed E-state index contributed by atoms with van der Waals surface area (Å²) >= 11 is 0. The summed E-state index contributed by atoms with van der Waals surface area (Å²) in [6, 6.07) is 13.0. The van der Waals surface area contributed by atoms with Crippen LogP contribution in [-0.2, 0) is 19.1 Å². The number of esters is 1. The van der Waals surface area contributed by atoms with Gasteiger partial charge in [-0.25, -0.2) is 4.90 Å². The molecule has 2 heterocycles. The molecule has 2 aromatic rings. The number of anilines is 1. The SMILES string of the molecule is CCOC(=O)C1CCN([C@H]2CC(=O)N(c3cccc4ccccc34)C2=O)CC1. The fraction of sp³-hybridized carbons (Fsp3) is 0.409. The van der Waals surface area contributed by atoms with Crippen LogP contribution in [0.2, 0.25) is 0 Å². The van der Waals surface area contributed by atoms with Crippen molar-refractivity contribution in [3.63, 3.8) is 0 Å². The number of ether oxygens (including phenoxy) is 1. The lowest BCUT2D eigenvalue weighted by atomic mass is 9.95. The molecule has 2 aromatic carbocycles. The molecular formula is C22H24N2O4. The van der Waals surface area contributed by atoms with Crippen LogP contribution in [0, 0.1) is 5.92 Å². The summed E-state index contributed by atoms with van der Waals surface area (Å²) in [7, 11) is 0. The molecule has 2 saturated heterocycles. The standard InChI is InChI=1S/C22H24N2O4/c1-2-28-22(27)16-10-12-23(13-11-16)19-14-20(25)24(21(19)26)18-9-5-7-15-6-3-4-8-17(15)18/h3-9,16,19H,2,10-14H2,1H3/t19-/m0/s1. The molecule has 6 nitrogen and oxygen atoms in total. The summed E-state index contributed by atoms with van der Waals surface area (Å²) in [4.78, 5) is 41.2. The number of piperidine rings is 1. The maximum Gasteiger partial charge on any atom is 0.309 e. The molecule has 2 aliphatic heterocycles. The second-order valence-electron chi connectivity index (χ2n) is 7.35. The Kier molecular flexibility index (Phi) is 5.13. The molecule has 2 aliphatic rings. The van der Waals surface area contributed by atoms with Crippen molar-refractivity contribution in [2.45, 2.75) is 32.2 Å². The average molecular weight is 380 g/mol. The monoisotopic (exact) mass is 380 g/mol. The first-order valence-electron chi connectivity index (χ1n) is 9.85. The maximum atomic E-state index is 13.1. The van der Waals surface area contributed by atoms with Gasteiger partial charge in [0.15, 0.2) is 0 Å². The molecule has 0 spiro atoms. The van der Waals surface area contributed by atoms with E-state index in [0.29, 0.717) is 38.2 Å². The second kappa shape index (κ2) is 7.72. The first kappa shape index (κ1) is 18.6. The lowest BCUT2D eigenvalue weighted by molar-refractivity contribution is -0.149. The Labute approximate surface area is 164 Å². The highest BCUT2D eigenvalue weighted by Gasteiger charge is 2.44. The molecule has 2 amide bonds. The quantitative estimate of drug-likeness (QED) is 0.603. The van der Waals surface area contributed by atoms with E-state index in [9.17, 15) is 14.4 Å². The van der Waals surface area contributed by atoms with Crippen molar-refractivity contribution in [2.75, 3.05) is 24.6 Å². The summed E-state index contributed by atoms with van der Waals surface area (Å²) in [5.74, 6) is -0.610. The van der Waals surface area contributed by atoms with E-state index in [4.69, 9.17) is 4.74 Å². The van der Waals surface area contributed by atoms with E-state index in [1.165, 1.54) is 4.90 Å². The van der Waals surface area contributed by atoms with Crippen molar-refractivity contribution in [1.82, 2.24) is 4.90 Å². The number of carbonyl (C=O) groups is 3. The van der Waals surface area contributed by atoms with Crippen LogP contribution in [0.4, 0.5) is 5.69 Å². The zero-order valence-corrected chi connectivity index (χ0v) is 16.0. The van der Waals surface area contributed by atoms with Gasteiger partial charge < -0.3 is 4.74 Å². The molecular weight excluding hydrogens is 356 g/mol. The van der Waals surface area contributed by atoms with Crippen LogP contribution in [0.1, 0.15) is 26.2 Å². The van der Waals surface area contributed by atoms with E-state index in [1.807, 2.05) is 47.4 Å². The Morgan fingerprint density at radius 3 is 2.54 bits per heavy atom. The van der Waals surface area contributed by atoms with Gasteiger partial charge in [0, 0.05) is 5.39 Å². The molecule has 4 rings (SSSR count). The van der Waals surface area contributed by atoms with Crippen LogP contribution in [0.15, 0.2) is 42.5 Å². The van der Waals surface area contributed by atoms with Crippen LogP contribution >= 0.6 is 0 Å². The number of nitrogens with zero attached hydrogens (tertiary/aromatic N) is 2. The molecule has 0 bridgehead atoms. The molecule has 0 saturated carbocycles. The van der Waals surface area contributed by atoms with Crippen LogP contribution in [0.3, 0.4) is 0 Å². The average Bonchev–Trinajstić information content (AvgIpc) is 3.02. The van der Waals surface area contributed by atoms with Crippen molar-refractivity contribution >= 4 is 34.2 Å². The van der Waals surface area contributed by atoms with E-state index in [2.05, 4.69) is 0 Å². The summed E-state index contributed by atoms with van der Waals surface area (Å²) in [5, 5.41) is 1.90. The largest absolute Gasteiger partial charge is 0.466 e. The van der Waals surface area contributed by atoms with Gasteiger partial charge in [-0.3, -0.25) is 19.3 Å². The van der Waals surface area contributed by atoms with Crippen LogP contribution in [0.5, 0.6) is 0 Å². The third-order valence-corrected chi connectivity index (χ3v) is 5.72. The third-order valence-electron chi connectivity index (χ3n) is 5.72. The molecule has 0 radical (unpaired) electrons. The first-order valence-corrected chi connectivity index (χ1v) is 9.85. The third kappa shape index (κ3) is 3.29. The normalized spacial score (nSPS) is 21.5. The molecule has 0 unspecified atom stereocenters. The fourth-order valence-corrected chi connectivity index (χ4v) is 4.26. The van der Waals surface area contributed by atoms with Gasteiger partial charge in [0.2, 0.25) is 5.91 Å². The van der Waals surface area contributed by atoms with Crippen molar-refractivity contribution in [3.8, 4) is 0 Å². The van der Waals surface area contributed by atoms with Crippen LogP contribution < -0.4 is 4.90 Å². The predicted octanol–water partition coefficient (Wildman–Crippen LogP) is 2.75. The second-order valence-corrected chi connectivity index (χ2v) is 7.35. The Hall–Kier alpha value is -2.73. The van der Waals surface area contributed by atoms with E-state index in [1.54, 1.807) is 6.92 Å². The summed E-state index contributed by atoms with van der Waals surface area (Å²) in [5.41, 5.74) is 0.650. The Morgan fingerprint density at radius 2 is 1.79 bits per heavy atom. The fourth-order valence-electron chi connectivity index (χ4n) is 4.26. The summed E-state index contributed by atoms with van der Waals surface area (Å²) < 4.78 is 5.11. The van der Waals surface area contributed by atoms with E-state index >= 15 is 0 Å². The molecule has 0 N–H and O–H groups in total. The number of likely N-dealkylation sites (tertiary alicyclic amines) is 1. The lowest BCUT2D eigenvalue weighted by Crippen LogP contribution is -2.47. The minimum Gasteiger partial charge on any atom is -0.466 e. The Morgan fingerprint density at radius 1 is 1.07 bits per heavy atom. The topological polar surface area (TPSA) is 66.9 Å². The number of rotatable bonds is 4. The minimum absolute atomic E-state index is 0.113. The zero-order valence-electron chi connectivity index (χ0n) is 16.0. The van der Waals surface area contributed by atoms with Crippen molar-refractivity contribution in [1.29, 1.82) is 0 Å². The first-order chi connectivity index (χ1) is 13.6. The van der Waals surface area contributed by atoms with Gasteiger partial charge in [-0.15, -0.1) is 0 Å². The highest BCUT2D eigenvalue weighted by molar-refractivity contribution is 6.25. The summed E-state index contributed by atoms with van der Waals surface area (Å²) in [6.45, 7) is 3.43. The summed E-state index contributed by atoms with van der Waals surface area (Å²) in [6.07, 6.45) is 1.50. The maximum absolute atomic E-state index is 13.1. The molecule has 28 heavy (non-hydrogen) atoms. The predicted molar refractivity (Wildman–Crippen MR) is 106 cm³/mol. The Bertz CT molecular complexity index is 912. The molecule has 6 heteroatoms. The van der Waals surface area contributed by atoms with Gasteiger partial charge in [-0.05, 0) is 44.3 Å². The number of amides is 2. The van der Waals surface area contributed by atoms with Crippen molar-refractivity contribution in [2.24, 2.45) is 5.92 Å². The van der Waals surface area contributed by atoms with E-state index < -0.39 is 6.04 Å². The van der Waals surface area contributed by atoms with Crippen LogP contribution in [-0.4, -0.2) is 48.4 Å². The van der Waals surface area contributed by atoms with Gasteiger partial charge >= 0.3 is 5.97 Å².